The van der Waals surface area contributed by atoms with E-state index in [0.29, 0.717) is 13.1 Å². The molecule has 4 rings (SSSR count). The summed E-state index contributed by atoms with van der Waals surface area (Å²) in [5, 5.41) is 6.01. The van der Waals surface area contributed by atoms with E-state index in [2.05, 4.69) is 40.8 Å². The van der Waals surface area contributed by atoms with Gasteiger partial charge in [0, 0.05) is 38.1 Å². The minimum atomic E-state index is -0.480. The Labute approximate surface area is 189 Å². The molecule has 1 aliphatic rings. The first-order valence-electron chi connectivity index (χ1n) is 11.2. The molecule has 1 aliphatic heterocycles. The molecule has 7 heteroatoms. The quantitative estimate of drug-likeness (QED) is 0.589. The number of rotatable bonds is 4. The third kappa shape index (κ3) is 4.52. The maximum absolute atomic E-state index is 12.4. The van der Waals surface area contributed by atoms with Crippen LogP contribution in [-0.2, 0) is 11.3 Å². The van der Waals surface area contributed by atoms with Gasteiger partial charge in [-0.15, -0.1) is 0 Å². The van der Waals surface area contributed by atoms with Crippen molar-refractivity contribution in [3.8, 4) is 16.9 Å². The average Bonchev–Trinajstić information content (AvgIpc) is 3.16. The van der Waals surface area contributed by atoms with Crippen LogP contribution in [0.5, 0.6) is 5.75 Å². The fourth-order valence-electron chi connectivity index (χ4n) is 4.08. The first kappa shape index (κ1) is 22.0. The fraction of sp³-hybridized carbons (Fsp3) is 0.440. The average molecular weight is 437 g/mol. The van der Waals surface area contributed by atoms with E-state index in [0.717, 1.165) is 53.2 Å². The predicted molar refractivity (Wildman–Crippen MR) is 127 cm³/mol. The van der Waals surface area contributed by atoms with Crippen LogP contribution in [0.4, 0.5) is 10.6 Å². The predicted octanol–water partition coefficient (Wildman–Crippen LogP) is 4.79. The molecule has 1 saturated heterocycles. The summed E-state index contributed by atoms with van der Waals surface area (Å²) in [7, 11) is 1.68. The second-order valence-electron chi connectivity index (χ2n) is 9.06. The highest BCUT2D eigenvalue weighted by Gasteiger charge is 2.28. The minimum absolute atomic E-state index is 0.242. The van der Waals surface area contributed by atoms with Gasteiger partial charge in [0.25, 0.3) is 0 Å². The van der Waals surface area contributed by atoms with Crippen molar-refractivity contribution in [1.82, 2.24) is 14.7 Å². The monoisotopic (exact) mass is 436 g/mol. The molecule has 0 saturated carbocycles. The molecule has 0 aliphatic carbocycles. The van der Waals surface area contributed by atoms with Crippen molar-refractivity contribution in [2.24, 2.45) is 0 Å². The zero-order valence-corrected chi connectivity index (χ0v) is 19.6. The maximum Gasteiger partial charge on any atom is 0.410 e. The van der Waals surface area contributed by atoms with Crippen molar-refractivity contribution in [3.05, 3.63) is 42.5 Å². The number of benzene rings is 2. The van der Waals surface area contributed by atoms with E-state index in [9.17, 15) is 4.79 Å². The number of hydrogen-bond acceptors (Lipinski definition) is 5. The molecule has 7 nitrogen and oxygen atoms in total. The van der Waals surface area contributed by atoms with Crippen LogP contribution in [0.3, 0.4) is 0 Å². The Morgan fingerprint density at radius 1 is 1.03 bits per heavy atom. The van der Waals surface area contributed by atoms with Gasteiger partial charge in [0.1, 0.15) is 17.2 Å². The van der Waals surface area contributed by atoms with E-state index < -0.39 is 5.60 Å². The number of aryl methyl sites for hydroxylation is 1. The van der Waals surface area contributed by atoms with Gasteiger partial charge in [0.15, 0.2) is 0 Å². The van der Waals surface area contributed by atoms with Crippen LogP contribution >= 0.6 is 0 Å². The third-order valence-corrected chi connectivity index (χ3v) is 5.65. The molecule has 3 aromatic rings. The van der Waals surface area contributed by atoms with Crippen molar-refractivity contribution in [1.29, 1.82) is 0 Å². The van der Waals surface area contributed by atoms with Crippen LogP contribution in [0.15, 0.2) is 42.5 Å². The summed E-state index contributed by atoms with van der Waals surface area (Å²) in [5.74, 6) is 1.95. The first-order valence-corrected chi connectivity index (χ1v) is 11.2. The zero-order valence-electron chi connectivity index (χ0n) is 19.6. The molecule has 1 aromatic heterocycles. The van der Waals surface area contributed by atoms with E-state index in [1.54, 1.807) is 12.0 Å². The lowest BCUT2D eigenvalue weighted by Crippen LogP contribution is -2.50. The molecule has 1 fully saturated rings. The lowest BCUT2D eigenvalue weighted by atomic mass is 10.0. The summed E-state index contributed by atoms with van der Waals surface area (Å²) >= 11 is 0. The highest BCUT2D eigenvalue weighted by molar-refractivity contribution is 5.93. The molecule has 2 heterocycles. The number of amides is 1. The van der Waals surface area contributed by atoms with Crippen molar-refractivity contribution in [3.63, 3.8) is 0 Å². The molecule has 0 unspecified atom stereocenters. The smallest absolute Gasteiger partial charge is 0.410 e. The Bertz CT molecular complexity index is 1110. The number of carbonyl (C=O) groups is 1. The fourth-order valence-corrected chi connectivity index (χ4v) is 4.08. The van der Waals surface area contributed by atoms with E-state index >= 15 is 0 Å². The van der Waals surface area contributed by atoms with Crippen molar-refractivity contribution < 1.29 is 14.3 Å². The molecule has 0 radical (unpaired) electrons. The van der Waals surface area contributed by atoms with Gasteiger partial charge in [-0.1, -0.05) is 18.2 Å². The Kier molecular flexibility index (Phi) is 6.00. The number of nitrogens with zero attached hydrogens (tertiary/aromatic N) is 4. The summed E-state index contributed by atoms with van der Waals surface area (Å²) in [5.41, 5.74) is 2.70. The molecule has 170 valence electrons. The number of ether oxygens (including phenoxy) is 2. The van der Waals surface area contributed by atoms with Gasteiger partial charge in [-0.2, -0.15) is 5.10 Å². The SMILES string of the molecule is CCn1nc2cc(-c3cccc(OC)c3)ccc2c1N1CCN(C(=O)OC(C)(C)C)CC1. The van der Waals surface area contributed by atoms with E-state index in [1.165, 1.54) is 0 Å². The summed E-state index contributed by atoms with van der Waals surface area (Å²) in [6.45, 7) is 11.3. The number of aromatic nitrogens is 2. The van der Waals surface area contributed by atoms with Gasteiger partial charge in [0.2, 0.25) is 0 Å². The molecule has 1 amide bonds. The number of anilines is 1. The number of methoxy groups -OCH3 is 1. The number of carbonyl (C=O) groups excluding carboxylic acids is 1. The van der Waals surface area contributed by atoms with E-state index in [1.807, 2.05) is 39.0 Å². The van der Waals surface area contributed by atoms with Gasteiger partial charge in [-0.05, 0) is 63.1 Å². The van der Waals surface area contributed by atoms with Crippen molar-refractivity contribution >= 4 is 22.8 Å². The van der Waals surface area contributed by atoms with Crippen LogP contribution in [-0.4, -0.2) is 59.7 Å². The van der Waals surface area contributed by atoms with E-state index in [4.69, 9.17) is 14.6 Å². The van der Waals surface area contributed by atoms with Crippen LogP contribution < -0.4 is 9.64 Å². The summed E-state index contributed by atoms with van der Waals surface area (Å²) in [6, 6.07) is 14.5. The second-order valence-corrected chi connectivity index (χ2v) is 9.06. The van der Waals surface area contributed by atoms with Gasteiger partial charge in [-0.3, -0.25) is 0 Å². The van der Waals surface area contributed by atoms with Gasteiger partial charge in [-0.25, -0.2) is 9.48 Å². The maximum atomic E-state index is 12.4. The summed E-state index contributed by atoms with van der Waals surface area (Å²) in [6.07, 6.45) is -0.242. The summed E-state index contributed by atoms with van der Waals surface area (Å²) in [4.78, 5) is 16.5. The molecule has 0 bridgehead atoms. The molecule has 0 atom stereocenters. The molecule has 2 aromatic carbocycles. The number of fused-ring (bicyclic) bond motifs is 1. The second kappa shape index (κ2) is 8.73. The van der Waals surface area contributed by atoms with Crippen molar-refractivity contribution in [2.45, 2.75) is 39.8 Å². The Balaban J connectivity index is 1.57. The first-order chi connectivity index (χ1) is 15.3. The number of piperazine rings is 1. The lowest BCUT2D eigenvalue weighted by molar-refractivity contribution is 0.0240. The highest BCUT2D eigenvalue weighted by Crippen LogP contribution is 2.32. The normalized spacial score (nSPS) is 14.7. The van der Waals surface area contributed by atoms with Crippen LogP contribution in [0.2, 0.25) is 0 Å². The Morgan fingerprint density at radius 2 is 1.75 bits per heavy atom. The molecular formula is C25H32N4O3. The standard InChI is InChI=1S/C25H32N4O3/c1-6-29-23(27-12-14-28(15-13-27)24(30)32-25(2,3)4)21-11-10-19(17-22(21)26-29)18-8-7-9-20(16-18)31-5/h7-11,16-17H,6,12-15H2,1-5H3. The zero-order chi connectivity index (χ0) is 22.9. The molecule has 32 heavy (non-hydrogen) atoms. The lowest BCUT2D eigenvalue weighted by Gasteiger charge is -2.36. The van der Waals surface area contributed by atoms with Crippen LogP contribution in [0.25, 0.3) is 22.0 Å². The van der Waals surface area contributed by atoms with E-state index in [-0.39, 0.29) is 6.09 Å². The molecule has 0 N–H and O–H groups in total. The minimum Gasteiger partial charge on any atom is -0.497 e. The van der Waals surface area contributed by atoms with Crippen molar-refractivity contribution in [2.75, 3.05) is 38.2 Å². The van der Waals surface area contributed by atoms with Crippen LogP contribution in [0, 0.1) is 0 Å². The summed E-state index contributed by atoms with van der Waals surface area (Å²) < 4.78 is 13.0. The highest BCUT2D eigenvalue weighted by atomic mass is 16.6. The largest absolute Gasteiger partial charge is 0.497 e. The van der Waals surface area contributed by atoms with Crippen LogP contribution in [0.1, 0.15) is 27.7 Å². The molecular weight excluding hydrogens is 404 g/mol. The van der Waals surface area contributed by atoms with Gasteiger partial charge in [0.05, 0.1) is 12.6 Å². The third-order valence-electron chi connectivity index (χ3n) is 5.65. The van der Waals surface area contributed by atoms with Gasteiger partial charge < -0.3 is 19.3 Å². The Hall–Kier alpha value is -3.22. The Morgan fingerprint density at radius 3 is 2.41 bits per heavy atom. The molecule has 0 spiro atoms. The van der Waals surface area contributed by atoms with Gasteiger partial charge >= 0.3 is 6.09 Å². The number of hydrogen-bond donors (Lipinski definition) is 0. The topological polar surface area (TPSA) is 59.8 Å².